The third-order valence-corrected chi connectivity index (χ3v) is 5.41. The molecule has 1 fully saturated rings. The molecule has 0 bridgehead atoms. The lowest BCUT2D eigenvalue weighted by atomic mass is 9.97. The Hall–Kier alpha value is -1.79. The van der Waals surface area contributed by atoms with Gasteiger partial charge in [0, 0.05) is 48.3 Å². The molecule has 1 amide bonds. The summed E-state index contributed by atoms with van der Waals surface area (Å²) in [7, 11) is 1.51. The summed E-state index contributed by atoms with van der Waals surface area (Å²) in [5.41, 5.74) is 1.95. The highest BCUT2D eigenvalue weighted by Crippen LogP contribution is 2.30. The van der Waals surface area contributed by atoms with Crippen molar-refractivity contribution in [2.45, 2.75) is 32.3 Å². The molecule has 1 aliphatic rings. The molecule has 0 spiro atoms. The molecule has 0 aliphatic carbocycles. The third kappa shape index (κ3) is 3.65. The van der Waals surface area contributed by atoms with Crippen LogP contribution < -0.4 is 0 Å². The zero-order chi connectivity index (χ0) is 17.1. The van der Waals surface area contributed by atoms with Crippen LogP contribution in [-0.2, 0) is 11.3 Å². The van der Waals surface area contributed by atoms with E-state index in [0.29, 0.717) is 23.6 Å². The third-order valence-electron chi connectivity index (χ3n) is 4.29. The van der Waals surface area contributed by atoms with Crippen molar-refractivity contribution in [2.24, 2.45) is 0 Å². The van der Waals surface area contributed by atoms with Gasteiger partial charge >= 0.3 is 0 Å². The Balaban J connectivity index is 1.76. The van der Waals surface area contributed by atoms with Crippen molar-refractivity contribution in [1.82, 2.24) is 9.88 Å². The first-order valence-electron chi connectivity index (χ1n) is 8.07. The lowest BCUT2D eigenvalue weighted by Gasteiger charge is -2.32. The molecule has 4 nitrogen and oxygen atoms in total. The second-order valence-corrected chi connectivity index (χ2v) is 7.05. The van der Waals surface area contributed by atoms with Gasteiger partial charge in [-0.05, 0) is 38.0 Å². The standard InChI is InChI=1S/C18H21FN2O2S/c1-12-11-24-17(20-12)14-4-3-7-21(9-14)18(22)13-5-6-16(19)15(8-13)10-23-2/h5-6,8,11,14H,3-4,7,9-10H2,1-2H3. The smallest absolute Gasteiger partial charge is 0.253 e. The highest BCUT2D eigenvalue weighted by Gasteiger charge is 2.27. The number of ether oxygens (including phenoxy) is 1. The van der Waals surface area contributed by atoms with E-state index in [4.69, 9.17) is 4.74 Å². The average Bonchev–Trinajstić information content (AvgIpc) is 3.03. The fourth-order valence-electron chi connectivity index (χ4n) is 3.08. The van der Waals surface area contributed by atoms with Gasteiger partial charge in [0.1, 0.15) is 5.82 Å². The minimum Gasteiger partial charge on any atom is -0.380 e. The molecule has 128 valence electrons. The Morgan fingerprint density at radius 2 is 2.33 bits per heavy atom. The molecule has 1 unspecified atom stereocenters. The van der Waals surface area contributed by atoms with Crippen LogP contribution >= 0.6 is 11.3 Å². The Morgan fingerprint density at radius 3 is 3.04 bits per heavy atom. The molecular formula is C18H21FN2O2S. The van der Waals surface area contributed by atoms with E-state index in [1.165, 1.54) is 13.2 Å². The molecule has 1 saturated heterocycles. The summed E-state index contributed by atoms with van der Waals surface area (Å²) in [5.74, 6) is -0.103. The number of nitrogens with zero attached hydrogens (tertiary/aromatic N) is 2. The highest BCUT2D eigenvalue weighted by molar-refractivity contribution is 7.09. The van der Waals surface area contributed by atoms with Gasteiger partial charge in [-0.3, -0.25) is 4.79 Å². The number of methoxy groups -OCH3 is 1. The molecule has 0 N–H and O–H groups in total. The molecule has 1 aliphatic heterocycles. The van der Waals surface area contributed by atoms with Gasteiger partial charge in [-0.25, -0.2) is 9.37 Å². The Bertz CT molecular complexity index is 732. The number of benzene rings is 1. The fourth-order valence-corrected chi connectivity index (χ4v) is 4.00. The number of aromatic nitrogens is 1. The first-order valence-corrected chi connectivity index (χ1v) is 8.95. The quantitative estimate of drug-likeness (QED) is 0.845. The minimum absolute atomic E-state index is 0.0506. The Morgan fingerprint density at radius 1 is 1.50 bits per heavy atom. The summed E-state index contributed by atoms with van der Waals surface area (Å²) in [5, 5.41) is 3.15. The SMILES string of the molecule is COCc1cc(C(=O)N2CCCC(c3nc(C)cs3)C2)ccc1F. The van der Waals surface area contributed by atoms with E-state index in [0.717, 1.165) is 30.1 Å². The Labute approximate surface area is 145 Å². The zero-order valence-corrected chi connectivity index (χ0v) is 14.7. The molecule has 0 radical (unpaired) electrons. The number of rotatable bonds is 4. The van der Waals surface area contributed by atoms with E-state index in [2.05, 4.69) is 4.98 Å². The summed E-state index contributed by atoms with van der Waals surface area (Å²) < 4.78 is 18.7. The molecular weight excluding hydrogens is 327 g/mol. The maximum Gasteiger partial charge on any atom is 0.253 e. The maximum absolute atomic E-state index is 13.7. The predicted molar refractivity (Wildman–Crippen MR) is 91.8 cm³/mol. The second kappa shape index (κ2) is 7.40. The van der Waals surface area contributed by atoms with E-state index < -0.39 is 0 Å². The van der Waals surface area contributed by atoms with Crippen molar-refractivity contribution in [1.29, 1.82) is 0 Å². The zero-order valence-electron chi connectivity index (χ0n) is 13.9. The van der Waals surface area contributed by atoms with Crippen LogP contribution in [0.4, 0.5) is 4.39 Å². The number of carbonyl (C=O) groups is 1. The van der Waals surface area contributed by atoms with Gasteiger partial charge in [0.2, 0.25) is 0 Å². The normalized spacial score (nSPS) is 18.0. The van der Waals surface area contributed by atoms with Crippen LogP contribution in [0.1, 0.15) is 45.4 Å². The number of aryl methyl sites for hydroxylation is 1. The van der Waals surface area contributed by atoms with Gasteiger partial charge in [0.15, 0.2) is 0 Å². The number of hydrogen-bond acceptors (Lipinski definition) is 4. The number of carbonyl (C=O) groups excluding carboxylic acids is 1. The molecule has 3 rings (SSSR count). The van der Waals surface area contributed by atoms with E-state index in [1.807, 2.05) is 17.2 Å². The lowest BCUT2D eigenvalue weighted by molar-refractivity contribution is 0.0706. The summed E-state index contributed by atoms with van der Waals surface area (Å²) in [6.07, 6.45) is 2.01. The van der Waals surface area contributed by atoms with E-state index >= 15 is 0 Å². The lowest BCUT2D eigenvalue weighted by Crippen LogP contribution is -2.39. The van der Waals surface area contributed by atoms with Crippen LogP contribution in [0.2, 0.25) is 0 Å². The van der Waals surface area contributed by atoms with Gasteiger partial charge in [0.05, 0.1) is 11.6 Å². The van der Waals surface area contributed by atoms with Crippen LogP contribution in [0, 0.1) is 12.7 Å². The first kappa shape index (κ1) is 17.0. The summed E-state index contributed by atoms with van der Waals surface area (Å²) in [6, 6.07) is 4.49. The maximum atomic E-state index is 13.7. The summed E-state index contributed by atoms with van der Waals surface area (Å²) in [6.45, 7) is 3.55. The van der Waals surface area contributed by atoms with Gasteiger partial charge in [-0.15, -0.1) is 11.3 Å². The number of likely N-dealkylation sites (tertiary alicyclic amines) is 1. The number of amides is 1. The molecule has 6 heteroatoms. The first-order chi connectivity index (χ1) is 11.6. The molecule has 2 aromatic rings. The van der Waals surface area contributed by atoms with E-state index in [-0.39, 0.29) is 18.3 Å². The van der Waals surface area contributed by atoms with Gasteiger partial charge in [0.25, 0.3) is 5.91 Å². The van der Waals surface area contributed by atoms with Crippen molar-refractivity contribution in [3.8, 4) is 0 Å². The van der Waals surface area contributed by atoms with Crippen LogP contribution in [0.15, 0.2) is 23.6 Å². The van der Waals surface area contributed by atoms with Crippen molar-refractivity contribution >= 4 is 17.2 Å². The van der Waals surface area contributed by atoms with E-state index in [9.17, 15) is 9.18 Å². The second-order valence-electron chi connectivity index (χ2n) is 6.16. The summed E-state index contributed by atoms with van der Waals surface area (Å²) in [4.78, 5) is 19.2. The fraction of sp³-hybridized carbons (Fsp3) is 0.444. The van der Waals surface area contributed by atoms with Crippen LogP contribution in [-0.4, -0.2) is 36.0 Å². The molecule has 2 heterocycles. The van der Waals surface area contributed by atoms with Crippen molar-refractivity contribution < 1.29 is 13.9 Å². The average molecular weight is 348 g/mol. The Kier molecular flexibility index (Phi) is 5.26. The largest absolute Gasteiger partial charge is 0.380 e. The van der Waals surface area contributed by atoms with Gasteiger partial charge in [-0.1, -0.05) is 0 Å². The number of halogens is 1. The molecule has 1 aromatic heterocycles. The number of thiazole rings is 1. The van der Waals surface area contributed by atoms with Crippen LogP contribution in [0.5, 0.6) is 0 Å². The summed E-state index contributed by atoms with van der Waals surface area (Å²) >= 11 is 1.66. The monoisotopic (exact) mass is 348 g/mol. The molecule has 1 atom stereocenters. The molecule has 24 heavy (non-hydrogen) atoms. The van der Waals surface area contributed by atoms with E-state index in [1.54, 1.807) is 23.5 Å². The number of hydrogen-bond donors (Lipinski definition) is 0. The highest BCUT2D eigenvalue weighted by atomic mass is 32.1. The van der Waals surface area contributed by atoms with Gasteiger partial charge < -0.3 is 9.64 Å². The topological polar surface area (TPSA) is 42.4 Å². The van der Waals surface area contributed by atoms with Crippen molar-refractivity contribution in [3.63, 3.8) is 0 Å². The predicted octanol–water partition coefficient (Wildman–Crippen LogP) is 3.76. The van der Waals surface area contributed by atoms with Gasteiger partial charge in [-0.2, -0.15) is 0 Å². The van der Waals surface area contributed by atoms with Crippen molar-refractivity contribution in [3.05, 3.63) is 51.2 Å². The molecule has 0 saturated carbocycles. The van der Waals surface area contributed by atoms with Crippen LogP contribution in [0.3, 0.4) is 0 Å². The van der Waals surface area contributed by atoms with Crippen molar-refractivity contribution in [2.75, 3.05) is 20.2 Å². The number of piperidine rings is 1. The van der Waals surface area contributed by atoms with Crippen LogP contribution in [0.25, 0.3) is 0 Å². The molecule has 1 aromatic carbocycles. The minimum atomic E-state index is -0.344.